The van der Waals surface area contributed by atoms with Crippen molar-refractivity contribution in [1.82, 2.24) is 19.8 Å². The lowest BCUT2D eigenvalue weighted by molar-refractivity contribution is -0.141. The third-order valence-electron chi connectivity index (χ3n) is 3.33. The van der Waals surface area contributed by atoms with Gasteiger partial charge in [-0.15, -0.1) is 6.58 Å². The summed E-state index contributed by atoms with van der Waals surface area (Å²) < 4.78 is 43.8. The van der Waals surface area contributed by atoms with E-state index in [0.717, 1.165) is 25.4 Å². The third kappa shape index (κ3) is 7.74. The zero-order valence-corrected chi connectivity index (χ0v) is 14.4. The zero-order chi connectivity index (χ0) is 18.2. The molecule has 1 aromatic rings. The second kappa shape index (κ2) is 9.58. The number of hydrogen-bond acceptors (Lipinski definition) is 5. The molecule has 24 heavy (non-hydrogen) atoms. The van der Waals surface area contributed by atoms with Crippen molar-refractivity contribution in [2.45, 2.75) is 25.1 Å². The summed E-state index contributed by atoms with van der Waals surface area (Å²) >= 11 is 0. The first kappa shape index (κ1) is 20.4. The molecule has 5 nitrogen and oxygen atoms in total. The van der Waals surface area contributed by atoms with Crippen molar-refractivity contribution in [2.75, 3.05) is 40.8 Å². The van der Waals surface area contributed by atoms with Crippen LogP contribution in [0.2, 0.25) is 0 Å². The van der Waals surface area contributed by atoms with Crippen molar-refractivity contribution in [3.8, 4) is 6.01 Å². The largest absolute Gasteiger partial charge is 0.459 e. The Morgan fingerprint density at radius 2 is 2.00 bits per heavy atom. The maximum Gasteiger partial charge on any atom is 0.433 e. The van der Waals surface area contributed by atoms with Gasteiger partial charge < -0.3 is 14.5 Å². The Balaban J connectivity index is 2.73. The number of nitrogens with zero attached hydrogens (tertiary/aromatic N) is 4. The van der Waals surface area contributed by atoms with Crippen LogP contribution in [0.3, 0.4) is 0 Å². The number of aromatic nitrogens is 2. The Hall–Kier alpha value is -1.67. The molecule has 0 aliphatic rings. The molecule has 0 fully saturated rings. The molecule has 136 valence electrons. The van der Waals surface area contributed by atoms with Gasteiger partial charge in [-0.05, 0) is 40.1 Å². The Kier molecular flexibility index (Phi) is 8.14. The minimum atomic E-state index is -4.51. The Bertz CT molecular complexity index is 508. The second-order valence-electron chi connectivity index (χ2n) is 5.89. The van der Waals surface area contributed by atoms with E-state index in [4.69, 9.17) is 4.74 Å². The number of ether oxygens (including phenoxy) is 1. The van der Waals surface area contributed by atoms with E-state index >= 15 is 0 Å². The van der Waals surface area contributed by atoms with Crippen LogP contribution in [0.5, 0.6) is 6.01 Å². The van der Waals surface area contributed by atoms with E-state index in [1.54, 1.807) is 6.08 Å². The van der Waals surface area contributed by atoms with Gasteiger partial charge >= 0.3 is 12.2 Å². The topological polar surface area (TPSA) is 41.5 Å². The number of alkyl halides is 3. The summed E-state index contributed by atoms with van der Waals surface area (Å²) in [4.78, 5) is 11.4. The van der Waals surface area contributed by atoms with Crippen LogP contribution in [0.4, 0.5) is 13.2 Å². The van der Waals surface area contributed by atoms with Crippen LogP contribution in [-0.4, -0.2) is 66.6 Å². The first-order chi connectivity index (χ1) is 11.2. The smallest absolute Gasteiger partial charge is 0.433 e. The van der Waals surface area contributed by atoms with Crippen LogP contribution in [0.15, 0.2) is 24.9 Å². The van der Waals surface area contributed by atoms with Crippen molar-refractivity contribution in [3.05, 3.63) is 30.6 Å². The van der Waals surface area contributed by atoms with E-state index in [-0.39, 0.29) is 12.1 Å². The fraction of sp³-hybridized carbons (Fsp3) is 0.625. The predicted octanol–water partition coefficient (Wildman–Crippen LogP) is 2.70. The van der Waals surface area contributed by atoms with Gasteiger partial charge in [0.25, 0.3) is 0 Å². The van der Waals surface area contributed by atoms with Crippen LogP contribution in [-0.2, 0) is 6.18 Å². The number of hydrogen-bond donors (Lipinski definition) is 0. The molecular weight excluding hydrogens is 321 g/mol. The number of halogens is 3. The van der Waals surface area contributed by atoms with Crippen molar-refractivity contribution in [2.24, 2.45) is 0 Å². The van der Waals surface area contributed by atoms with Crippen molar-refractivity contribution in [3.63, 3.8) is 0 Å². The number of likely N-dealkylation sites (N-methyl/N-ethyl adjacent to an activating group) is 2. The van der Waals surface area contributed by atoms with Gasteiger partial charge in [-0.3, -0.25) is 0 Å². The van der Waals surface area contributed by atoms with Crippen molar-refractivity contribution >= 4 is 0 Å². The number of rotatable bonds is 10. The Morgan fingerprint density at radius 1 is 1.29 bits per heavy atom. The van der Waals surface area contributed by atoms with E-state index in [2.05, 4.69) is 26.3 Å². The van der Waals surface area contributed by atoms with Crippen LogP contribution >= 0.6 is 0 Å². The normalized spacial score (nSPS) is 13.3. The molecule has 0 radical (unpaired) electrons. The summed E-state index contributed by atoms with van der Waals surface area (Å²) in [6.07, 6.45) is -0.673. The molecule has 1 rings (SSSR count). The van der Waals surface area contributed by atoms with Gasteiger partial charge in [-0.2, -0.15) is 18.2 Å². The van der Waals surface area contributed by atoms with Gasteiger partial charge in [0, 0.05) is 25.8 Å². The maximum absolute atomic E-state index is 12.7. The second-order valence-corrected chi connectivity index (χ2v) is 5.89. The quantitative estimate of drug-likeness (QED) is 0.610. The minimum Gasteiger partial charge on any atom is -0.459 e. The van der Waals surface area contributed by atoms with Gasteiger partial charge in [-0.1, -0.05) is 6.08 Å². The molecule has 0 amide bonds. The summed E-state index contributed by atoms with van der Waals surface area (Å²) in [5, 5.41) is 0. The molecule has 1 aromatic heterocycles. The SMILES string of the molecule is C=CCCC(CN(C)CCN(C)C)Oc1nccc(C(F)(F)F)n1. The van der Waals surface area contributed by atoms with Gasteiger partial charge in [0.05, 0.1) is 0 Å². The Labute approximate surface area is 141 Å². The highest BCUT2D eigenvalue weighted by molar-refractivity contribution is 5.09. The van der Waals surface area contributed by atoms with E-state index in [0.29, 0.717) is 19.4 Å². The highest BCUT2D eigenvalue weighted by atomic mass is 19.4. The fourth-order valence-electron chi connectivity index (χ4n) is 2.01. The average molecular weight is 346 g/mol. The Morgan fingerprint density at radius 3 is 2.58 bits per heavy atom. The molecular formula is C16H25F3N4O. The van der Waals surface area contributed by atoms with E-state index in [9.17, 15) is 13.2 Å². The van der Waals surface area contributed by atoms with Gasteiger partial charge in [0.1, 0.15) is 6.10 Å². The summed E-state index contributed by atoms with van der Waals surface area (Å²) in [5.74, 6) is 0. The van der Waals surface area contributed by atoms with E-state index in [1.807, 2.05) is 21.1 Å². The molecule has 0 bridgehead atoms. The average Bonchev–Trinajstić information content (AvgIpc) is 2.50. The standard InChI is InChI=1S/C16H25F3N4O/c1-5-6-7-13(12-23(4)11-10-22(2)3)24-15-20-9-8-14(21-15)16(17,18)19/h5,8-9,13H,1,6-7,10-12H2,2-4H3. The molecule has 0 saturated carbocycles. The predicted molar refractivity (Wildman–Crippen MR) is 86.9 cm³/mol. The van der Waals surface area contributed by atoms with Gasteiger partial charge in [0.2, 0.25) is 0 Å². The van der Waals surface area contributed by atoms with Crippen LogP contribution in [0, 0.1) is 0 Å². The molecule has 0 saturated heterocycles. The maximum atomic E-state index is 12.7. The third-order valence-corrected chi connectivity index (χ3v) is 3.33. The van der Waals surface area contributed by atoms with Gasteiger partial charge in [0.15, 0.2) is 5.69 Å². The van der Waals surface area contributed by atoms with E-state index in [1.165, 1.54) is 0 Å². The first-order valence-corrected chi connectivity index (χ1v) is 7.73. The molecule has 0 aromatic carbocycles. The summed E-state index contributed by atoms with van der Waals surface area (Å²) in [6.45, 7) is 5.94. The lowest BCUT2D eigenvalue weighted by Crippen LogP contribution is -2.37. The number of allylic oxidation sites excluding steroid dienone is 1. The molecule has 0 spiro atoms. The zero-order valence-electron chi connectivity index (χ0n) is 14.4. The highest BCUT2D eigenvalue weighted by Gasteiger charge is 2.33. The summed E-state index contributed by atoms with van der Waals surface area (Å²) in [5.41, 5.74) is -1.00. The molecule has 0 aliphatic heterocycles. The van der Waals surface area contributed by atoms with Gasteiger partial charge in [-0.25, -0.2) is 4.98 Å². The van der Waals surface area contributed by atoms with Crippen LogP contribution < -0.4 is 4.74 Å². The van der Waals surface area contributed by atoms with Crippen LogP contribution in [0.25, 0.3) is 0 Å². The van der Waals surface area contributed by atoms with Crippen molar-refractivity contribution < 1.29 is 17.9 Å². The first-order valence-electron chi connectivity index (χ1n) is 7.73. The minimum absolute atomic E-state index is 0.250. The molecule has 1 heterocycles. The summed E-state index contributed by atoms with van der Waals surface area (Å²) in [6, 6.07) is 0.578. The van der Waals surface area contributed by atoms with E-state index < -0.39 is 11.9 Å². The lowest BCUT2D eigenvalue weighted by atomic mass is 10.2. The fourth-order valence-corrected chi connectivity index (χ4v) is 2.01. The molecule has 0 aliphatic carbocycles. The summed E-state index contributed by atoms with van der Waals surface area (Å²) in [7, 11) is 5.91. The van der Waals surface area contributed by atoms with Crippen molar-refractivity contribution in [1.29, 1.82) is 0 Å². The monoisotopic (exact) mass is 346 g/mol. The molecule has 0 N–H and O–H groups in total. The molecule has 8 heteroatoms. The molecule has 1 unspecified atom stereocenters. The lowest BCUT2D eigenvalue weighted by Gasteiger charge is -2.25. The molecule has 1 atom stereocenters. The highest BCUT2D eigenvalue weighted by Crippen LogP contribution is 2.28. The van der Waals surface area contributed by atoms with Crippen LogP contribution in [0.1, 0.15) is 18.5 Å².